The molecular weight excluding hydrogens is 368 g/mol. The molecule has 0 bridgehead atoms. The number of halogens is 1. The number of piperidine rings is 1. The van der Waals surface area contributed by atoms with Crippen LogP contribution in [-0.2, 0) is 6.54 Å². The summed E-state index contributed by atoms with van der Waals surface area (Å²) in [5.74, 6) is 0.649. The van der Waals surface area contributed by atoms with Crippen molar-refractivity contribution < 1.29 is 0 Å². The molecular formula is C23H23ClN4. The average Bonchev–Trinajstić information content (AvgIpc) is 3.38. The van der Waals surface area contributed by atoms with Crippen LogP contribution < -0.4 is 0 Å². The number of fused-ring (bicyclic) bond motifs is 1. The number of benzene rings is 2. The Kier molecular flexibility index (Phi) is 4.67. The second-order valence-electron chi connectivity index (χ2n) is 7.65. The fraction of sp³-hybridized carbons (Fsp3) is 0.261. The lowest BCUT2D eigenvalue weighted by molar-refractivity contribution is 0.205. The number of aromatic amines is 2. The van der Waals surface area contributed by atoms with Crippen LogP contribution >= 0.6 is 11.6 Å². The molecule has 1 saturated heterocycles. The first kappa shape index (κ1) is 17.5. The van der Waals surface area contributed by atoms with Crippen molar-refractivity contribution in [3.63, 3.8) is 0 Å². The Labute approximate surface area is 169 Å². The Morgan fingerprint density at radius 3 is 2.68 bits per heavy atom. The van der Waals surface area contributed by atoms with Gasteiger partial charge < -0.3 is 4.98 Å². The molecule has 5 rings (SSSR count). The molecule has 4 aromatic rings. The summed E-state index contributed by atoms with van der Waals surface area (Å²) in [5, 5.41) is 9.51. The molecule has 2 aromatic carbocycles. The summed E-state index contributed by atoms with van der Waals surface area (Å²) in [4.78, 5) is 5.82. The molecule has 0 saturated carbocycles. The zero-order valence-corrected chi connectivity index (χ0v) is 16.4. The quantitative estimate of drug-likeness (QED) is 0.477. The van der Waals surface area contributed by atoms with Crippen molar-refractivity contribution in [3.8, 4) is 11.3 Å². The van der Waals surface area contributed by atoms with E-state index in [1.165, 1.54) is 34.9 Å². The van der Waals surface area contributed by atoms with Crippen LogP contribution in [0.2, 0.25) is 5.02 Å². The van der Waals surface area contributed by atoms with Crippen molar-refractivity contribution in [2.45, 2.75) is 25.3 Å². The Morgan fingerprint density at radius 1 is 1.04 bits per heavy atom. The van der Waals surface area contributed by atoms with E-state index in [-0.39, 0.29) is 0 Å². The molecule has 3 heterocycles. The predicted octanol–water partition coefficient (Wildman–Crippen LogP) is 5.59. The smallest absolute Gasteiger partial charge is 0.0695 e. The Morgan fingerprint density at radius 2 is 1.86 bits per heavy atom. The Bertz CT molecular complexity index is 1070. The van der Waals surface area contributed by atoms with Gasteiger partial charge in [-0.25, -0.2) is 0 Å². The average molecular weight is 391 g/mol. The summed E-state index contributed by atoms with van der Waals surface area (Å²) in [6, 6.07) is 16.9. The van der Waals surface area contributed by atoms with Crippen LogP contribution in [0.4, 0.5) is 0 Å². The van der Waals surface area contributed by atoms with Gasteiger partial charge in [0.1, 0.15) is 0 Å². The van der Waals surface area contributed by atoms with Gasteiger partial charge >= 0.3 is 0 Å². The molecule has 0 unspecified atom stereocenters. The van der Waals surface area contributed by atoms with Crippen LogP contribution in [0.5, 0.6) is 0 Å². The van der Waals surface area contributed by atoms with E-state index in [0.29, 0.717) is 5.92 Å². The molecule has 28 heavy (non-hydrogen) atoms. The van der Waals surface area contributed by atoms with Crippen LogP contribution in [-0.4, -0.2) is 33.2 Å². The van der Waals surface area contributed by atoms with Crippen molar-refractivity contribution in [1.82, 2.24) is 20.1 Å². The second-order valence-corrected chi connectivity index (χ2v) is 8.09. The van der Waals surface area contributed by atoms with Crippen LogP contribution in [0.1, 0.15) is 29.9 Å². The zero-order valence-electron chi connectivity index (χ0n) is 15.7. The van der Waals surface area contributed by atoms with Gasteiger partial charge in [-0.2, -0.15) is 5.10 Å². The summed E-state index contributed by atoms with van der Waals surface area (Å²) < 4.78 is 0. The normalized spacial score (nSPS) is 16.0. The molecule has 2 aromatic heterocycles. The van der Waals surface area contributed by atoms with Gasteiger partial charge in [0.15, 0.2) is 0 Å². The summed E-state index contributed by atoms with van der Waals surface area (Å²) in [7, 11) is 0. The van der Waals surface area contributed by atoms with Crippen molar-refractivity contribution in [2.75, 3.05) is 13.1 Å². The highest BCUT2D eigenvalue weighted by atomic mass is 35.5. The fourth-order valence-electron chi connectivity index (χ4n) is 4.29. The van der Waals surface area contributed by atoms with E-state index in [9.17, 15) is 0 Å². The lowest BCUT2D eigenvalue weighted by atomic mass is 9.88. The van der Waals surface area contributed by atoms with E-state index in [1.807, 2.05) is 36.7 Å². The molecule has 5 heteroatoms. The lowest BCUT2D eigenvalue weighted by Gasteiger charge is -2.32. The third-order valence-electron chi connectivity index (χ3n) is 5.88. The molecule has 1 aliphatic heterocycles. The molecule has 1 aliphatic rings. The van der Waals surface area contributed by atoms with E-state index in [2.05, 4.69) is 44.3 Å². The third-order valence-corrected chi connectivity index (χ3v) is 6.13. The molecule has 0 amide bonds. The minimum absolute atomic E-state index is 0.649. The summed E-state index contributed by atoms with van der Waals surface area (Å²) in [6.07, 6.45) is 6.37. The predicted molar refractivity (Wildman–Crippen MR) is 115 cm³/mol. The standard InChI is InChI=1S/C23H23ClN4/c24-21-4-1-17(2-5-21)23-20(14-26-27-23)15-28-11-8-16(9-12-28)18-3-6-22-19(13-18)7-10-25-22/h1-7,10,13-14,16,25H,8-9,11-12,15H2,(H,26,27). The van der Waals surface area contributed by atoms with E-state index < -0.39 is 0 Å². The summed E-state index contributed by atoms with van der Waals surface area (Å²) in [6.45, 7) is 3.15. The van der Waals surface area contributed by atoms with Crippen LogP contribution in [0.25, 0.3) is 22.2 Å². The van der Waals surface area contributed by atoms with Crippen LogP contribution in [0, 0.1) is 0 Å². The number of nitrogens with one attached hydrogen (secondary N) is 2. The molecule has 0 radical (unpaired) electrons. The first-order valence-corrected chi connectivity index (χ1v) is 10.2. The first-order chi connectivity index (χ1) is 13.8. The molecule has 0 spiro atoms. The van der Waals surface area contributed by atoms with E-state index >= 15 is 0 Å². The maximum atomic E-state index is 6.02. The SMILES string of the molecule is Clc1ccc(-c2[nH]ncc2CN2CCC(c3ccc4[nH]ccc4c3)CC2)cc1. The van der Waals surface area contributed by atoms with Crippen molar-refractivity contribution >= 4 is 22.5 Å². The van der Waals surface area contributed by atoms with Gasteiger partial charge in [-0.05, 0) is 78.7 Å². The molecule has 1 fully saturated rings. The first-order valence-electron chi connectivity index (χ1n) is 9.84. The maximum absolute atomic E-state index is 6.02. The highest BCUT2D eigenvalue weighted by molar-refractivity contribution is 6.30. The molecule has 0 aliphatic carbocycles. The number of likely N-dealkylation sites (tertiary alicyclic amines) is 1. The monoisotopic (exact) mass is 390 g/mol. The molecule has 2 N–H and O–H groups in total. The Hall–Kier alpha value is -2.56. The highest BCUT2D eigenvalue weighted by Gasteiger charge is 2.22. The van der Waals surface area contributed by atoms with E-state index in [1.54, 1.807) is 0 Å². The Balaban J connectivity index is 1.25. The summed E-state index contributed by atoms with van der Waals surface area (Å²) >= 11 is 6.02. The van der Waals surface area contributed by atoms with E-state index in [0.717, 1.165) is 35.9 Å². The molecule has 4 nitrogen and oxygen atoms in total. The van der Waals surface area contributed by atoms with Crippen molar-refractivity contribution in [2.24, 2.45) is 0 Å². The highest BCUT2D eigenvalue weighted by Crippen LogP contribution is 2.31. The van der Waals surface area contributed by atoms with Crippen LogP contribution in [0.15, 0.2) is 60.9 Å². The van der Waals surface area contributed by atoms with Gasteiger partial charge in [0.05, 0.1) is 11.9 Å². The van der Waals surface area contributed by atoms with Gasteiger partial charge in [0.25, 0.3) is 0 Å². The number of rotatable bonds is 4. The van der Waals surface area contributed by atoms with Gasteiger partial charge in [0, 0.05) is 28.8 Å². The maximum Gasteiger partial charge on any atom is 0.0695 e. The van der Waals surface area contributed by atoms with E-state index in [4.69, 9.17) is 11.6 Å². The van der Waals surface area contributed by atoms with Gasteiger partial charge in [0.2, 0.25) is 0 Å². The van der Waals surface area contributed by atoms with Gasteiger partial charge in [-0.3, -0.25) is 10.00 Å². The topological polar surface area (TPSA) is 47.7 Å². The summed E-state index contributed by atoms with van der Waals surface area (Å²) in [5.41, 5.74) is 6.16. The third kappa shape index (κ3) is 3.46. The van der Waals surface area contributed by atoms with Crippen molar-refractivity contribution in [3.05, 3.63) is 77.1 Å². The van der Waals surface area contributed by atoms with Gasteiger partial charge in [-0.1, -0.05) is 29.8 Å². The molecule has 142 valence electrons. The second kappa shape index (κ2) is 7.46. The minimum Gasteiger partial charge on any atom is -0.361 e. The molecule has 0 atom stereocenters. The van der Waals surface area contributed by atoms with Crippen molar-refractivity contribution in [1.29, 1.82) is 0 Å². The lowest BCUT2D eigenvalue weighted by Crippen LogP contribution is -2.32. The van der Waals surface area contributed by atoms with Gasteiger partial charge in [-0.15, -0.1) is 0 Å². The largest absolute Gasteiger partial charge is 0.361 e. The number of H-pyrrole nitrogens is 2. The number of hydrogen-bond acceptors (Lipinski definition) is 2. The zero-order chi connectivity index (χ0) is 18.9. The number of hydrogen-bond donors (Lipinski definition) is 2. The number of nitrogens with zero attached hydrogens (tertiary/aromatic N) is 2. The number of aromatic nitrogens is 3. The minimum atomic E-state index is 0.649. The fourth-order valence-corrected chi connectivity index (χ4v) is 4.41. The van der Waals surface area contributed by atoms with Crippen LogP contribution in [0.3, 0.4) is 0 Å².